The summed E-state index contributed by atoms with van der Waals surface area (Å²) in [6.45, 7) is 7.03. The summed E-state index contributed by atoms with van der Waals surface area (Å²) >= 11 is 0. The van der Waals surface area contributed by atoms with Gasteiger partial charge >= 0.3 is 0 Å². The highest BCUT2D eigenvalue weighted by atomic mass is 16.5. The van der Waals surface area contributed by atoms with Gasteiger partial charge in [0.05, 0.1) is 18.8 Å². The van der Waals surface area contributed by atoms with E-state index in [9.17, 15) is 9.90 Å². The Morgan fingerprint density at radius 1 is 1.53 bits per heavy atom. The number of benzene rings is 1. The molecule has 0 aliphatic carbocycles. The van der Waals surface area contributed by atoms with Crippen LogP contribution in [0.5, 0.6) is 5.75 Å². The summed E-state index contributed by atoms with van der Waals surface area (Å²) in [6.07, 6.45) is 0.932. The first-order chi connectivity index (χ1) is 9.02. The first kappa shape index (κ1) is 13.9. The number of phenols is 1. The van der Waals surface area contributed by atoms with Gasteiger partial charge in [-0.2, -0.15) is 0 Å². The Labute approximate surface area is 114 Å². The van der Waals surface area contributed by atoms with Crippen molar-refractivity contribution >= 4 is 5.91 Å². The number of aromatic hydroxyl groups is 1. The number of nitrogens with zero attached hydrogens (tertiary/aromatic N) is 1. The Balaban J connectivity index is 2.23. The molecule has 0 aromatic heterocycles. The van der Waals surface area contributed by atoms with Crippen LogP contribution in [-0.2, 0) is 4.74 Å². The summed E-state index contributed by atoms with van der Waals surface area (Å²) in [4.78, 5) is 14.4. The number of ether oxygens (including phenoxy) is 1. The van der Waals surface area contributed by atoms with Crippen molar-refractivity contribution in [2.75, 3.05) is 13.2 Å². The first-order valence-electron chi connectivity index (χ1n) is 6.75. The molecule has 0 radical (unpaired) electrons. The topological polar surface area (TPSA) is 49.8 Å². The lowest BCUT2D eigenvalue weighted by molar-refractivity contribution is -0.0444. The zero-order chi connectivity index (χ0) is 14.0. The van der Waals surface area contributed by atoms with Gasteiger partial charge in [0.15, 0.2) is 0 Å². The molecule has 1 aliphatic rings. The number of phenolic OH excluding ortho intramolecular Hbond substituents is 1. The van der Waals surface area contributed by atoms with E-state index < -0.39 is 0 Å². The van der Waals surface area contributed by atoms with Crippen LogP contribution >= 0.6 is 0 Å². The molecule has 2 unspecified atom stereocenters. The van der Waals surface area contributed by atoms with Gasteiger partial charge in [-0.1, -0.05) is 13.0 Å². The monoisotopic (exact) mass is 263 g/mol. The van der Waals surface area contributed by atoms with Crippen LogP contribution < -0.4 is 0 Å². The predicted molar refractivity (Wildman–Crippen MR) is 73.4 cm³/mol. The number of morpholine rings is 1. The third-order valence-electron chi connectivity index (χ3n) is 3.66. The zero-order valence-corrected chi connectivity index (χ0v) is 11.7. The van der Waals surface area contributed by atoms with E-state index in [1.54, 1.807) is 18.2 Å². The molecule has 104 valence electrons. The fraction of sp³-hybridized carbons (Fsp3) is 0.533. The Hall–Kier alpha value is -1.55. The minimum atomic E-state index is -0.0303. The van der Waals surface area contributed by atoms with Crippen molar-refractivity contribution in [1.82, 2.24) is 4.90 Å². The van der Waals surface area contributed by atoms with Crippen LogP contribution in [0.25, 0.3) is 0 Å². The molecule has 1 aromatic rings. The maximum atomic E-state index is 12.5. The van der Waals surface area contributed by atoms with Gasteiger partial charge in [0.2, 0.25) is 0 Å². The average molecular weight is 263 g/mol. The normalized spacial score (nSPS) is 23.4. The van der Waals surface area contributed by atoms with Gasteiger partial charge in [-0.05, 0) is 38.0 Å². The second-order valence-corrected chi connectivity index (χ2v) is 5.16. The fourth-order valence-electron chi connectivity index (χ4n) is 2.34. The molecule has 1 aromatic carbocycles. The molecular formula is C15H21NO3. The van der Waals surface area contributed by atoms with Crippen molar-refractivity contribution in [3.63, 3.8) is 0 Å². The maximum absolute atomic E-state index is 12.5. The molecule has 2 atom stereocenters. The van der Waals surface area contributed by atoms with Crippen molar-refractivity contribution in [3.05, 3.63) is 29.3 Å². The molecule has 4 heteroatoms. The summed E-state index contributed by atoms with van der Waals surface area (Å²) in [5.41, 5.74) is 1.31. The standard InChI is InChI=1S/C15H21NO3/c1-4-13-9-19-11(3)8-16(13)15(18)12-6-5-10(2)14(17)7-12/h5-7,11,13,17H,4,8-9H2,1-3H3. The van der Waals surface area contributed by atoms with E-state index in [4.69, 9.17) is 4.74 Å². The highest BCUT2D eigenvalue weighted by Crippen LogP contribution is 2.22. The van der Waals surface area contributed by atoms with Crippen molar-refractivity contribution < 1.29 is 14.6 Å². The van der Waals surface area contributed by atoms with Gasteiger partial charge < -0.3 is 14.7 Å². The number of amides is 1. The highest BCUT2D eigenvalue weighted by molar-refractivity contribution is 5.95. The molecule has 1 aliphatic heterocycles. The minimum absolute atomic E-state index is 0.0303. The largest absolute Gasteiger partial charge is 0.508 e. The van der Waals surface area contributed by atoms with E-state index in [2.05, 4.69) is 6.92 Å². The zero-order valence-electron chi connectivity index (χ0n) is 11.7. The van der Waals surface area contributed by atoms with Gasteiger partial charge in [0, 0.05) is 12.1 Å². The summed E-state index contributed by atoms with van der Waals surface area (Å²) < 4.78 is 5.60. The summed E-state index contributed by atoms with van der Waals surface area (Å²) in [5, 5.41) is 9.73. The lowest BCUT2D eigenvalue weighted by atomic mass is 10.1. The van der Waals surface area contributed by atoms with Gasteiger partial charge in [-0.15, -0.1) is 0 Å². The first-order valence-corrected chi connectivity index (χ1v) is 6.75. The fourth-order valence-corrected chi connectivity index (χ4v) is 2.34. The molecule has 19 heavy (non-hydrogen) atoms. The molecule has 0 saturated carbocycles. The van der Waals surface area contributed by atoms with E-state index in [0.29, 0.717) is 18.7 Å². The minimum Gasteiger partial charge on any atom is -0.508 e. The maximum Gasteiger partial charge on any atom is 0.254 e. The SMILES string of the molecule is CCC1COC(C)CN1C(=O)c1ccc(C)c(O)c1. The van der Waals surface area contributed by atoms with Crippen LogP contribution in [0.2, 0.25) is 0 Å². The van der Waals surface area contributed by atoms with E-state index in [1.165, 1.54) is 0 Å². The van der Waals surface area contributed by atoms with Crippen molar-refractivity contribution in [2.24, 2.45) is 0 Å². The Kier molecular flexibility index (Phi) is 4.10. The van der Waals surface area contributed by atoms with Crippen LogP contribution in [0.1, 0.15) is 36.2 Å². The second-order valence-electron chi connectivity index (χ2n) is 5.16. The van der Waals surface area contributed by atoms with E-state index in [1.807, 2.05) is 18.7 Å². The Morgan fingerprint density at radius 3 is 2.89 bits per heavy atom. The summed E-state index contributed by atoms with van der Waals surface area (Å²) in [7, 11) is 0. The van der Waals surface area contributed by atoms with Crippen LogP contribution in [-0.4, -0.2) is 41.2 Å². The van der Waals surface area contributed by atoms with Crippen molar-refractivity contribution in [3.8, 4) is 5.75 Å². The number of carbonyl (C=O) groups is 1. The molecule has 2 rings (SSSR count). The molecule has 1 fully saturated rings. The number of aryl methyl sites for hydroxylation is 1. The summed E-state index contributed by atoms with van der Waals surface area (Å²) in [6, 6.07) is 5.20. The quantitative estimate of drug-likeness (QED) is 0.891. The number of carbonyl (C=O) groups excluding carboxylic acids is 1. The van der Waals surface area contributed by atoms with Crippen molar-refractivity contribution in [2.45, 2.75) is 39.3 Å². The Bertz CT molecular complexity index is 472. The molecule has 0 bridgehead atoms. The smallest absolute Gasteiger partial charge is 0.254 e. The molecule has 1 heterocycles. The predicted octanol–water partition coefficient (Wildman–Crippen LogP) is 2.34. The van der Waals surface area contributed by atoms with Crippen LogP contribution in [0, 0.1) is 6.92 Å². The summed E-state index contributed by atoms with van der Waals surface area (Å²) in [5.74, 6) is 0.137. The number of hydrogen-bond donors (Lipinski definition) is 1. The van der Waals surface area contributed by atoms with Crippen LogP contribution in [0.4, 0.5) is 0 Å². The van der Waals surface area contributed by atoms with Gasteiger partial charge in [0.1, 0.15) is 5.75 Å². The molecule has 1 amide bonds. The lowest BCUT2D eigenvalue weighted by Gasteiger charge is -2.38. The number of rotatable bonds is 2. The average Bonchev–Trinajstić information content (AvgIpc) is 2.41. The third-order valence-corrected chi connectivity index (χ3v) is 3.66. The molecular weight excluding hydrogens is 242 g/mol. The van der Waals surface area contributed by atoms with E-state index >= 15 is 0 Å². The van der Waals surface area contributed by atoms with E-state index in [0.717, 1.165) is 12.0 Å². The van der Waals surface area contributed by atoms with Crippen molar-refractivity contribution in [1.29, 1.82) is 0 Å². The van der Waals surface area contributed by atoms with Crippen LogP contribution in [0.3, 0.4) is 0 Å². The highest BCUT2D eigenvalue weighted by Gasteiger charge is 2.30. The molecule has 1 N–H and O–H groups in total. The third kappa shape index (κ3) is 2.89. The lowest BCUT2D eigenvalue weighted by Crippen LogP contribution is -2.51. The molecule has 4 nitrogen and oxygen atoms in total. The van der Waals surface area contributed by atoms with Gasteiger partial charge in [-0.3, -0.25) is 4.79 Å². The molecule has 1 saturated heterocycles. The Morgan fingerprint density at radius 2 is 2.26 bits per heavy atom. The van der Waals surface area contributed by atoms with E-state index in [-0.39, 0.29) is 23.8 Å². The van der Waals surface area contributed by atoms with Gasteiger partial charge in [-0.25, -0.2) is 0 Å². The molecule has 0 spiro atoms. The van der Waals surface area contributed by atoms with Crippen LogP contribution in [0.15, 0.2) is 18.2 Å². The number of hydrogen-bond acceptors (Lipinski definition) is 3. The van der Waals surface area contributed by atoms with Gasteiger partial charge in [0.25, 0.3) is 5.91 Å². The second kappa shape index (κ2) is 5.61.